The Morgan fingerprint density at radius 3 is 1.48 bits per heavy atom. The molecule has 2 aliphatic carbocycles. The van der Waals surface area contributed by atoms with Gasteiger partial charge in [0.25, 0.3) is 0 Å². The van der Waals surface area contributed by atoms with E-state index >= 15 is 0 Å². The molecule has 2 bridgehead atoms. The Morgan fingerprint density at radius 1 is 0.742 bits per heavy atom. The van der Waals surface area contributed by atoms with Gasteiger partial charge in [0, 0.05) is 24.2 Å². The Bertz CT molecular complexity index is 1180. The summed E-state index contributed by atoms with van der Waals surface area (Å²) in [6, 6.07) is 20.2. The first kappa shape index (κ1) is 20.0. The molecule has 2 aromatic carbocycles. The number of hydrogen-bond donors (Lipinski definition) is 0. The molecule has 0 aromatic heterocycles. The molecule has 0 saturated heterocycles. The summed E-state index contributed by atoms with van der Waals surface area (Å²) in [6.45, 7) is 4.07. The topological polar surface area (TPSA) is 54.5 Å². The Balaban J connectivity index is 1.81. The van der Waals surface area contributed by atoms with Crippen molar-refractivity contribution >= 4 is 27.0 Å². The summed E-state index contributed by atoms with van der Waals surface area (Å²) in [5, 5.41) is 0. The number of sulfonamides is 1. The average Bonchev–Trinajstić information content (AvgIpc) is 2.95. The number of carbonyl (C=O) groups is 1. The van der Waals surface area contributed by atoms with Crippen molar-refractivity contribution in [3.05, 3.63) is 96.3 Å². The smallest absolute Gasteiger partial charge is 0.235 e. The summed E-state index contributed by atoms with van der Waals surface area (Å²) in [4.78, 5) is 14.1. The number of allylic oxidation sites excluding steroid dienone is 4. The summed E-state index contributed by atoms with van der Waals surface area (Å²) in [7, 11) is -3.42. The van der Waals surface area contributed by atoms with Crippen LogP contribution in [0.2, 0.25) is 0 Å². The molecule has 4 nitrogen and oxygen atoms in total. The maximum Gasteiger partial charge on any atom is 0.235 e. The van der Waals surface area contributed by atoms with E-state index in [0.717, 1.165) is 22.3 Å². The maximum atomic E-state index is 14.1. The van der Waals surface area contributed by atoms with Crippen LogP contribution in [0.25, 0.3) is 11.1 Å². The van der Waals surface area contributed by atoms with Crippen molar-refractivity contribution in [3.63, 3.8) is 0 Å². The van der Waals surface area contributed by atoms with Gasteiger partial charge in [0.2, 0.25) is 10.0 Å². The molecule has 1 aliphatic heterocycles. The minimum atomic E-state index is -3.42. The number of Topliss-reactive ketones (excluding diaryl/α,β-unsaturated/α-hetero) is 1. The van der Waals surface area contributed by atoms with Crippen molar-refractivity contribution in [1.82, 2.24) is 4.31 Å². The molecule has 3 aliphatic rings. The van der Waals surface area contributed by atoms with Gasteiger partial charge >= 0.3 is 0 Å². The van der Waals surface area contributed by atoms with Gasteiger partial charge in [0.1, 0.15) is 0 Å². The third-order valence-corrected chi connectivity index (χ3v) is 8.35. The highest BCUT2D eigenvalue weighted by Gasteiger charge is 2.70. The van der Waals surface area contributed by atoms with Crippen LogP contribution in [-0.4, -0.2) is 24.8 Å². The molecular formula is C26H25NO3S. The van der Waals surface area contributed by atoms with Gasteiger partial charge in [0.05, 0.1) is 17.1 Å². The second-order valence-corrected chi connectivity index (χ2v) is 10.9. The number of rotatable bonds is 3. The van der Waals surface area contributed by atoms with Crippen molar-refractivity contribution in [3.8, 4) is 0 Å². The highest BCUT2D eigenvalue weighted by Crippen LogP contribution is 2.72. The van der Waals surface area contributed by atoms with Crippen LogP contribution in [0.4, 0.5) is 0 Å². The summed E-state index contributed by atoms with van der Waals surface area (Å²) in [5.74, 6) is -0.0545. The number of carbonyl (C=O) groups excluding carboxylic acids is 1. The van der Waals surface area contributed by atoms with Gasteiger partial charge in [-0.25, -0.2) is 8.42 Å². The molecule has 0 spiro atoms. The second-order valence-electron chi connectivity index (χ2n) is 9.04. The predicted octanol–water partition coefficient (Wildman–Crippen LogP) is 4.74. The molecule has 1 saturated carbocycles. The first-order chi connectivity index (χ1) is 14.7. The van der Waals surface area contributed by atoms with E-state index in [1.54, 1.807) is 12.4 Å². The molecule has 31 heavy (non-hydrogen) atoms. The van der Waals surface area contributed by atoms with Crippen molar-refractivity contribution in [2.45, 2.75) is 13.8 Å². The lowest BCUT2D eigenvalue weighted by molar-refractivity contribution is -0.127. The molecule has 5 heteroatoms. The van der Waals surface area contributed by atoms with E-state index in [4.69, 9.17) is 0 Å². The maximum absolute atomic E-state index is 14.1. The zero-order valence-corrected chi connectivity index (χ0v) is 18.6. The monoisotopic (exact) mass is 431 g/mol. The Morgan fingerprint density at radius 2 is 1.13 bits per heavy atom. The molecule has 0 amide bonds. The summed E-state index contributed by atoms with van der Waals surface area (Å²) in [6.07, 6.45) is 8.22. The van der Waals surface area contributed by atoms with Gasteiger partial charge < -0.3 is 0 Å². The first-order valence-corrected chi connectivity index (χ1v) is 12.3. The SMILES string of the molecule is C[C@]12C(=O)[C@@](C)(C(c3ccccc3)=C1c1ccccc1)[C@H]1C=CN(S(C)(=O)=O)C=C[C@H]12. The molecule has 158 valence electrons. The molecule has 2 aromatic rings. The largest absolute Gasteiger partial charge is 0.298 e. The normalized spacial score (nSPS) is 31.8. The molecule has 0 N–H and O–H groups in total. The van der Waals surface area contributed by atoms with Gasteiger partial charge in [-0.15, -0.1) is 0 Å². The minimum Gasteiger partial charge on any atom is -0.298 e. The van der Waals surface area contributed by atoms with Gasteiger partial charge in [-0.05, 0) is 36.1 Å². The Labute approximate surface area is 183 Å². The van der Waals surface area contributed by atoms with Crippen molar-refractivity contribution in [2.24, 2.45) is 22.7 Å². The zero-order valence-electron chi connectivity index (χ0n) is 17.8. The average molecular weight is 432 g/mol. The zero-order chi connectivity index (χ0) is 22.0. The van der Waals surface area contributed by atoms with Crippen LogP contribution >= 0.6 is 0 Å². The van der Waals surface area contributed by atoms with E-state index in [2.05, 4.69) is 24.3 Å². The van der Waals surface area contributed by atoms with E-state index in [1.165, 1.54) is 10.6 Å². The molecule has 1 fully saturated rings. The quantitative estimate of drug-likeness (QED) is 0.705. The minimum absolute atomic E-state index is 0.129. The van der Waals surface area contributed by atoms with E-state index < -0.39 is 20.9 Å². The van der Waals surface area contributed by atoms with Gasteiger partial charge in [-0.2, -0.15) is 0 Å². The standard InChI is InChI=1S/C26H25NO3S/c1-25-20-14-16-27(31(3,29)30)17-15-21(20)26(2,24(25)28)23(19-12-8-5-9-13-19)22(25)18-10-6-4-7-11-18/h4-17,20-21H,1-3H3/t20-,21+,25-,26-/m1/s1. The molecule has 1 heterocycles. The van der Waals surface area contributed by atoms with Crippen LogP contribution in [0.1, 0.15) is 25.0 Å². The first-order valence-electron chi connectivity index (χ1n) is 10.5. The lowest BCUT2D eigenvalue weighted by Crippen LogP contribution is -2.31. The highest BCUT2D eigenvalue weighted by atomic mass is 32.2. The molecule has 4 atom stereocenters. The fourth-order valence-electron chi connectivity index (χ4n) is 5.99. The number of hydrogen-bond acceptors (Lipinski definition) is 3. The van der Waals surface area contributed by atoms with Crippen LogP contribution in [-0.2, 0) is 14.8 Å². The highest BCUT2D eigenvalue weighted by molar-refractivity contribution is 7.88. The van der Waals surface area contributed by atoms with Crippen LogP contribution in [0, 0.1) is 22.7 Å². The van der Waals surface area contributed by atoms with Crippen LogP contribution in [0.3, 0.4) is 0 Å². The van der Waals surface area contributed by atoms with E-state index in [9.17, 15) is 13.2 Å². The van der Waals surface area contributed by atoms with Crippen LogP contribution in [0.15, 0.2) is 85.2 Å². The molecule has 5 rings (SSSR count). The Kier molecular flexibility index (Phi) is 4.22. The lowest BCUT2D eigenvalue weighted by atomic mass is 9.62. The fourth-order valence-corrected chi connectivity index (χ4v) is 6.57. The van der Waals surface area contributed by atoms with E-state index in [0.29, 0.717) is 0 Å². The summed E-state index contributed by atoms with van der Waals surface area (Å²) >= 11 is 0. The lowest BCUT2D eigenvalue weighted by Gasteiger charge is -2.39. The van der Waals surface area contributed by atoms with Crippen LogP contribution < -0.4 is 0 Å². The second kappa shape index (κ2) is 6.54. The summed E-state index contributed by atoms with van der Waals surface area (Å²) in [5.41, 5.74) is 2.69. The third-order valence-electron chi connectivity index (χ3n) is 7.34. The number of fused-ring (bicyclic) bond motifs is 5. The van der Waals surface area contributed by atoms with Crippen molar-refractivity contribution < 1.29 is 13.2 Å². The molecular weight excluding hydrogens is 406 g/mol. The van der Waals surface area contributed by atoms with Gasteiger partial charge in [0.15, 0.2) is 5.78 Å². The van der Waals surface area contributed by atoms with Gasteiger partial charge in [-0.3, -0.25) is 9.10 Å². The summed E-state index contributed by atoms with van der Waals surface area (Å²) < 4.78 is 25.6. The number of ketones is 1. The van der Waals surface area contributed by atoms with Crippen LogP contribution in [0.5, 0.6) is 0 Å². The third kappa shape index (κ3) is 2.59. The fraction of sp³-hybridized carbons (Fsp3) is 0.269. The Hall–Kier alpha value is -2.92. The van der Waals surface area contributed by atoms with E-state index in [-0.39, 0.29) is 17.6 Å². The molecule has 0 unspecified atom stereocenters. The van der Waals surface area contributed by atoms with Gasteiger partial charge in [-0.1, -0.05) is 72.8 Å². The molecule has 0 radical (unpaired) electrons. The predicted molar refractivity (Wildman–Crippen MR) is 123 cm³/mol. The van der Waals surface area contributed by atoms with E-state index in [1.807, 2.05) is 62.4 Å². The van der Waals surface area contributed by atoms with Crippen molar-refractivity contribution in [1.29, 1.82) is 0 Å². The number of benzene rings is 2. The van der Waals surface area contributed by atoms with Crippen molar-refractivity contribution in [2.75, 3.05) is 6.26 Å². The number of nitrogens with zero attached hydrogens (tertiary/aromatic N) is 1.